The third kappa shape index (κ3) is 9.66. The van der Waals surface area contributed by atoms with Crippen molar-refractivity contribution in [2.24, 2.45) is 94.2 Å². The first-order valence-corrected chi connectivity index (χ1v) is 29.4. The maximum absolute atomic E-state index is 3.02. The van der Waals surface area contributed by atoms with E-state index in [0.717, 1.165) is 88.8 Å². The molecule has 60 heavy (non-hydrogen) atoms. The Morgan fingerprint density at radius 3 is 1.37 bits per heavy atom. The molecule has 0 spiro atoms. The van der Waals surface area contributed by atoms with Crippen molar-refractivity contribution in [1.29, 1.82) is 0 Å². The number of hydrogen-bond acceptors (Lipinski definition) is 0. The molecular formula is C60H102. The Balaban J connectivity index is 0.937. The fourth-order valence-corrected chi connectivity index (χ4v) is 20.0. The first kappa shape index (κ1) is 44.9. The summed E-state index contributed by atoms with van der Waals surface area (Å²) in [5.74, 6) is 16.0. The average Bonchev–Trinajstić information content (AvgIpc) is 3.58. The van der Waals surface area contributed by atoms with Gasteiger partial charge in [-0.15, -0.1) is 0 Å². The van der Waals surface area contributed by atoms with Crippen LogP contribution in [-0.4, -0.2) is 0 Å². The average molecular weight is 823 g/mol. The Kier molecular flexibility index (Phi) is 16.3. The summed E-state index contributed by atoms with van der Waals surface area (Å²) in [5, 5.41) is 0. The molecule has 0 amide bonds. The summed E-state index contributed by atoms with van der Waals surface area (Å²) < 4.78 is 0. The molecular weight excluding hydrogens is 721 g/mol. The van der Waals surface area contributed by atoms with Gasteiger partial charge in [0.2, 0.25) is 0 Å². The zero-order valence-corrected chi connectivity index (χ0v) is 40.5. The van der Waals surface area contributed by atoms with Crippen LogP contribution in [0.4, 0.5) is 0 Å². The Hall–Kier alpha value is -0.260. The first-order valence-electron chi connectivity index (χ1n) is 29.4. The lowest BCUT2D eigenvalue weighted by molar-refractivity contribution is -0.120. The molecule has 0 N–H and O–H groups in total. The Morgan fingerprint density at radius 2 is 0.817 bits per heavy atom. The van der Waals surface area contributed by atoms with Gasteiger partial charge in [-0.3, -0.25) is 0 Å². The van der Waals surface area contributed by atoms with Crippen molar-refractivity contribution in [1.82, 2.24) is 0 Å². The highest BCUT2D eigenvalue weighted by molar-refractivity contribution is 5.16. The monoisotopic (exact) mass is 823 g/mol. The van der Waals surface area contributed by atoms with Gasteiger partial charge in [0.05, 0.1) is 0 Å². The van der Waals surface area contributed by atoms with Crippen LogP contribution in [0.2, 0.25) is 0 Å². The van der Waals surface area contributed by atoms with E-state index in [2.05, 4.69) is 19.9 Å². The van der Waals surface area contributed by atoms with Gasteiger partial charge in [-0.1, -0.05) is 160 Å². The lowest BCUT2D eigenvalue weighted by atomic mass is 9.44. The standard InChI is InChI=1S/C60H102/c1-3-5-7-9-23-41-60(40-22-8-6-4-2)56-33-21-20-28-49(56)50-39-38-48(43-57(50)60)59-53-31-18-16-29-51(53)58(52-30-17-19-32-54(52)59)47-36-34-44(35-37-47)42-55(45-24-12-10-13-25-45)46-26-14-11-15-27-46/h42,44-54,56-59H,3-41,43H2,1-2H3. The number of unbranched alkanes of at least 4 members (excludes halogenated alkanes) is 7. The Bertz CT molecular complexity index is 1240. The first-order chi connectivity index (χ1) is 29.7. The summed E-state index contributed by atoms with van der Waals surface area (Å²) in [7, 11) is 0. The van der Waals surface area contributed by atoms with Gasteiger partial charge in [0.15, 0.2) is 0 Å². The van der Waals surface area contributed by atoms with Crippen LogP contribution in [0, 0.1) is 94.2 Å². The molecule has 342 valence electrons. The molecule has 0 heterocycles. The number of fused-ring (bicyclic) bond motifs is 5. The zero-order chi connectivity index (χ0) is 40.7. The molecule has 10 atom stereocenters. The van der Waals surface area contributed by atoms with Crippen LogP contribution in [-0.2, 0) is 0 Å². The van der Waals surface area contributed by atoms with Crippen molar-refractivity contribution < 1.29 is 0 Å². The predicted molar refractivity (Wildman–Crippen MR) is 259 cm³/mol. The minimum atomic E-state index is 0.713. The predicted octanol–water partition coefficient (Wildman–Crippen LogP) is 18.9. The lowest BCUT2D eigenvalue weighted by Gasteiger charge is -2.61. The molecule has 0 aromatic rings. The van der Waals surface area contributed by atoms with Crippen LogP contribution < -0.4 is 0 Å². The number of hydrogen-bond donors (Lipinski definition) is 0. The van der Waals surface area contributed by atoms with Crippen LogP contribution in [0.15, 0.2) is 11.6 Å². The van der Waals surface area contributed by atoms with E-state index in [9.17, 15) is 0 Å². The van der Waals surface area contributed by atoms with Gasteiger partial charge in [0.25, 0.3) is 0 Å². The maximum atomic E-state index is 3.02. The van der Waals surface area contributed by atoms with Crippen LogP contribution in [0.25, 0.3) is 0 Å². The van der Waals surface area contributed by atoms with Crippen LogP contribution in [0.1, 0.15) is 271 Å². The van der Waals surface area contributed by atoms with E-state index >= 15 is 0 Å². The van der Waals surface area contributed by atoms with Crippen LogP contribution in [0.5, 0.6) is 0 Å². The van der Waals surface area contributed by atoms with E-state index < -0.39 is 0 Å². The molecule has 9 saturated carbocycles. The smallest absolute Gasteiger partial charge is 0.0200 e. The van der Waals surface area contributed by atoms with E-state index in [1.54, 1.807) is 148 Å². The molecule has 0 aliphatic heterocycles. The second kappa shape index (κ2) is 21.8. The van der Waals surface area contributed by atoms with Gasteiger partial charge in [-0.25, -0.2) is 0 Å². The molecule has 0 nitrogen and oxygen atoms in total. The Labute approximate surface area is 375 Å². The molecule has 9 aliphatic rings. The molecule has 0 aromatic heterocycles. The second-order valence-electron chi connectivity index (χ2n) is 25.0. The van der Waals surface area contributed by atoms with Crippen molar-refractivity contribution in [2.45, 2.75) is 271 Å². The third-order valence-corrected chi connectivity index (χ3v) is 22.2. The molecule has 0 radical (unpaired) electrons. The highest BCUT2D eigenvalue weighted by Gasteiger charge is 2.62. The van der Waals surface area contributed by atoms with Crippen LogP contribution in [0.3, 0.4) is 0 Å². The molecule has 0 saturated heterocycles. The highest BCUT2D eigenvalue weighted by Crippen LogP contribution is 2.70. The largest absolute Gasteiger partial charge is 0.0817 e. The van der Waals surface area contributed by atoms with Gasteiger partial charge in [0.1, 0.15) is 0 Å². The van der Waals surface area contributed by atoms with Crippen molar-refractivity contribution in [3.05, 3.63) is 11.6 Å². The number of allylic oxidation sites excluding steroid dienone is 2. The van der Waals surface area contributed by atoms with Gasteiger partial charge >= 0.3 is 0 Å². The second-order valence-corrected chi connectivity index (χ2v) is 25.0. The number of rotatable bonds is 16. The topological polar surface area (TPSA) is 0 Å². The summed E-state index contributed by atoms with van der Waals surface area (Å²) >= 11 is 0. The molecule has 0 bridgehead atoms. The van der Waals surface area contributed by atoms with E-state index in [0.29, 0.717) is 5.41 Å². The summed E-state index contributed by atoms with van der Waals surface area (Å²) in [6.45, 7) is 4.86. The fraction of sp³-hybridized carbons (Fsp3) is 0.967. The van der Waals surface area contributed by atoms with Crippen molar-refractivity contribution >= 4 is 0 Å². The minimum Gasteiger partial charge on any atom is -0.0817 e. The van der Waals surface area contributed by atoms with Crippen molar-refractivity contribution in [3.63, 3.8) is 0 Å². The van der Waals surface area contributed by atoms with E-state index in [-0.39, 0.29) is 0 Å². The van der Waals surface area contributed by atoms with E-state index in [1.165, 1.54) is 109 Å². The summed E-state index contributed by atoms with van der Waals surface area (Å²) in [4.78, 5) is 0. The third-order valence-electron chi connectivity index (χ3n) is 22.2. The van der Waals surface area contributed by atoms with E-state index in [1.807, 2.05) is 5.57 Å². The molecule has 9 rings (SSSR count). The van der Waals surface area contributed by atoms with Gasteiger partial charge in [0, 0.05) is 0 Å². The molecule has 0 aromatic carbocycles. The van der Waals surface area contributed by atoms with Crippen molar-refractivity contribution in [2.75, 3.05) is 0 Å². The molecule has 9 aliphatic carbocycles. The maximum Gasteiger partial charge on any atom is -0.0200 e. The summed E-state index contributed by atoms with van der Waals surface area (Å²) in [6, 6.07) is 0. The molecule has 9 fully saturated rings. The Morgan fingerprint density at radius 1 is 0.383 bits per heavy atom. The fourth-order valence-electron chi connectivity index (χ4n) is 20.0. The van der Waals surface area contributed by atoms with Crippen molar-refractivity contribution in [3.8, 4) is 0 Å². The summed E-state index contributed by atoms with van der Waals surface area (Å²) in [6.07, 6.45) is 65.3. The minimum absolute atomic E-state index is 0.713. The lowest BCUT2D eigenvalue weighted by Crippen LogP contribution is -2.54. The van der Waals surface area contributed by atoms with E-state index in [4.69, 9.17) is 0 Å². The van der Waals surface area contributed by atoms with Gasteiger partial charge < -0.3 is 0 Å². The normalized spacial score (nSPS) is 42.7. The van der Waals surface area contributed by atoms with Gasteiger partial charge in [-0.05, 0) is 216 Å². The SMILES string of the molecule is CCCCCCCC1(CCCCCC)C2CCCCC2C2CCC(C3C4CCCCC4C(C4CCC(C=C(C5CCCCC5)C5CCCCC5)CC4)C4CCCCC43)CC21. The highest BCUT2D eigenvalue weighted by atomic mass is 14.7. The van der Waals surface area contributed by atoms with Crippen LogP contribution >= 0.6 is 0 Å². The molecule has 0 heteroatoms. The zero-order valence-electron chi connectivity index (χ0n) is 40.5. The quantitative estimate of drug-likeness (QED) is 0.107. The molecule has 10 unspecified atom stereocenters. The van der Waals surface area contributed by atoms with Gasteiger partial charge in [-0.2, -0.15) is 0 Å². The summed E-state index contributed by atoms with van der Waals surface area (Å²) in [5.41, 5.74) is 2.74.